The summed E-state index contributed by atoms with van der Waals surface area (Å²) in [6.45, 7) is 10.1. The van der Waals surface area contributed by atoms with Gasteiger partial charge >= 0.3 is 6.09 Å². The lowest BCUT2D eigenvalue weighted by atomic mass is 10.2. The van der Waals surface area contributed by atoms with Crippen LogP contribution in [0, 0.1) is 0 Å². The third-order valence-corrected chi connectivity index (χ3v) is 2.56. The second-order valence-corrected chi connectivity index (χ2v) is 6.51. The van der Waals surface area contributed by atoms with Crippen LogP contribution in [0.3, 0.4) is 0 Å². The quantitative estimate of drug-likeness (QED) is 0.260. The number of anilines is 1. The summed E-state index contributed by atoms with van der Waals surface area (Å²) in [4.78, 5) is 15.6. The number of nitrogens with two attached hydrogens (primary N) is 1. The van der Waals surface area contributed by atoms with Gasteiger partial charge in [0.1, 0.15) is 11.4 Å². The third kappa shape index (κ3) is 11.5. The molecule has 0 aromatic heterocycles. The highest BCUT2D eigenvalue weighted by Gasteiger charge is 2.15. The molecule has 0 spiro atoms. The van der Waals surface area contributed by atoms with E-state index in [1.807, 2.05) is 58.9 Å². The van der Waals surface area contributed by atoms with Crippen molar-refractivity contribution in [2.75, 3.05) is 18.4 Å². The fourth-order valence-corrected chi connectivity index (χ4v) is 1.72. The smallest absolute Gasteiger partial charge is 0.407 e. The molecule has 0 radical (unpaired) electrons. The maximum atomic E-state index is 11.5. The topological polar surface area (TPSA) is 98.0 Å². The second-order valence-electron chi connectivity index (χ2n) is 6.51. The number of hydrogen-bond acceptors (Lipinski definition) is 4. The van der Waals surface area contributed by atoms with Gasteiger partial charge in [-0.1, -0.05) is 0 Å². The monoisotopic (exact) mass is 464 g/mol. The first kappa shape index (κ1) is 23.3. The van der Waals surface area contributed by atoms with Crippen molar-refractivity contribution in [3.05, 3.63) is 24.3 Å². The Balaban J connectivity index is 0.00000576. The van der Waals surface area contributed by atoms with Crippen LogP contribution in [-0.2, 0) is 4.74 Å². The summed E-state index contributed by atoms with van der Waals surface area (Å²) in [5, 5.41) is 5.59. The molecule has 142 valence electrons. The van der Waals surface area contributed by atoms with E-state index in [4.69, 9.17) is 15.2 Å². The number of amides is 1. The van der Waals surface area contributed by atoms with E-state index in [0.29, 0.717) is 13.1 Å². The maximum absolute atomic E-state index is 11.5. The summed E-state index contributed by atoms with van der Waals surface area (Å²) in [5.74, 6) is 1.08. The number of rotatable bonds is 6. The first-order valence-corrected chi connectivity index (χ1v) is 7.96. The van der Waals surface area contributed by atoms with E-state index in [1.54, 1.807) is 0 Å². The molecule has 0 fully saturated rings. The number of ether oxygens (including phenoxy) is 2. The molecule has 1 rings (SSSR count). The predicted octanol–water partition coefficient (Wildman–Crippen LogP) is 3.34. The third-order valence-electron chi connectivity index (χ3n) is 2.56. The van der Waals surface area contributed by atoms with E-state index in [0.717, 1.165) is 11.4 Å². The molecule has 0 unspecified atom stereocenters. The highest BCUT2D eigenvalue weighted by Crippen LogP contribution is 2.16. The predicted molar refractivity (Wildman–Crippen MR) is 112 cm³/mol. The van der Waals surface area contributed by atoms with Crippen molar-refractivity contribution >= 4 is 41.7 Å². The molecular formula is C17H29IN4O3. The van der Waals surface area contributed by atoms with Crippen LogP contribution in [0.15, 0.2) is 29.3 Å². The molecule has 25 heavy (non-hydrogen) atoms. The van der Waals surface area contributed by atoms with Gasteiger partial charge in [-0.25, -0.2) is 4.79 Å². The van der Waals surface area contributed by atoms with Gasteiger partial charge in [0, 0.05) is 12.2 Å². The van der Waals surface area contributed by atoms with Crippen molar-refractivity contribution in [3.63, 3.8) is 0 Å². The summed E-state index contributed by atoms with van der Waals surface area (Å²) in [6.07, 6.45) is -0.335. The van der Waals surface area contributed by atoms with Crippen molar-refractivity contribution in [2.45, 2.75) is 46.3 Å². The van der Waals surface area contributed by atoms with Gasteiger partial charge in [-0.2, -0.15) is 0 Å². The lowest BCUT2D eigenvalue weighted by molar-refractivity contribution is 0.0529. The van der Waals surface area contributed by atoms with E-state index >= 15 is 0 Å². The van der Waals surface area contributed by atoms with E-state index in [-0.39, 0.29) is 36.0 Å². The molecule has 1 aromatic carbocycles. The van der Waals surface area contributed by atoms with Gasteiger partial charge in [-0.05, 0) is 58.9 Å². The summed E-state index contributed by atoms with van der Waals surface area (Å²) in [6, 6.07) is 7.44. The highest BCUT2D eigenvalue weighted by molar-refractivity contribution is 14.0. The van der Waals surface area contributed by atoms with Crippen LogP contribution in [-0.4, -0.2) is 36.8 Å². The van der Waals surface area contributed by atoms with Crippen LogP contribution < -0.4 is 21.1 Å². The lowest BCUT2D eigenvalue weighted by Gasteiger charge is -2.19. The standard InChI is InChI=1S/C17H28N4O3.HI/c1-12(2)23-14-8-6-13(7-9-14)21-15(18)19-10-11-20-16(22)24-17(3,4)5;/h6-9,12H,10-11H2,1-5H3,(H,20,22)(H3,18,19,21);1H. The number of benzene rings is 1. The second kappa shape index (κ2) is 11.0. The minimum absolute atomic E-state index is 0. The average Bonchev–Trinajstić information content (AvgIpc) is 2.43. The van der Waals surface area contributed by atoms with Gasteiger partial charge in [-0.15, -0.1) is 24.0 Å². The van der Waals surface area contributed by atoms with Crippen molar-refractivity contribution in [1.82, 2.24) is 5.32 Å². The number of carbonyl (C=O) groups is 1. The average molecular weight is 464 g/mol. The van der Waals surface area contributed by atoms with Gasteiger partial charge in [0.15, 0.2) is 5.96 Å². The number of halogens is 1. The van der Waals surface area contributed by atoms with Crippen LogP contribution in [0.25, 0.3) is 0 Å². The van der Waals surface area contributed by atoms with Gasteiger partial charge < -0.3 is 25.8 Å². The Morgan fingerprint density at radius 3 is 2.36 bits per heavy atom. The van der Waals surface area contributed by atoms with Crippen LogP contribution in [0.2, 0.25) is 0 Å². The lowest BCUT2D eigenvalue weighted by Crippen LogP contribution is -2.34. The highest BCUT2D eigenvalue weighted by atomic mass is 127. The minimum Gasteiger partial charge on any atom is -0.491 e. The Bertz CT molecular complexity index is 554. The molecule has 0 aliphatic heterocycles. The van der Waals surface area contributed by atoms with Crippen LogP contribution in [0.4, 0.5) is 10.5 Å². The molecule has 4 N–H and O–H groups in total. The number of aliphatic imine (C=N–C) groups is 1. The first-order valence-electron chi connectivity index (χ1n) is 7.96. The molecule has 7 nitrogen and oxygen atoms in total. The molecule has 0 aliphatic rings. The first-order chi connectivity index (χ1) is 11.2. The van der Waals surface area contributed by atoms with Crippen LogP contribution in [0.5, 0.6) is 5.75 Å². The van der Waals surface area contributed by atoms with Crippen LogP contribution >= 0.6 is 24.0 Å². The molecule has 0 atom stereocenters. The fraction of sp³-hybridized carbons (Fsp3) is 0.529. The summed E-state index contributed by atoms with van der Waals surface area (Å²) >= 11 is 0. The van der Waals surface area contributed by atoms with Crippen molar-refractivity contribution in [2.24, 2.45) is 10.7 Å². The SMILES string of the molecule is CC(C)Oc1ccc(NC(N)=NCCNC(=O)OC(C)(C)C)cc1.I. The summed E-state index contributed by atoms with van der Waals surface area (Å²) < 4.78 is 10.7. The Hall–Kier alpha value is -1.71. The van der Waals surface area contributed by atoms with Crippen molar-refractivity contribution in [3.8, 4) is 5.75 Å². The number of guanidine groups is 1. The Morgan fingerprint density at radius 2 is 1.84 bits per heavy atom. The molecule has 0 saturated carbocycles. The van der Waals surface area contributed by atoms with Crippen molar-refractivity contribution in [1.29, 1.82) is 0 Å². The number of hydrogen-bond donors (Lipinski definition) is 3. The molecule has 1 aromatic rings. The molecule has 0 aliphatic carbocycles. The van der Waals surface area contributed by atoms with Gasteiger partial charge in [-0.3, -0.25) is 4.99 Å². The fourth-order valence-electron chi connectivity index (χ4n) is 1.72. The molecule has 1 amide bonds. The summed E-state index contributed by atoms with van der Waals surface area (Å²) in [7, 11) is 0. The molecular weight excluding hydrogens is 435 g/mol. The molecule has 0 saturated heterocycles. The Kier molecular flexibility index (Phi) is 10.3. The molecule has 0 heterocycles. The van der Waals surface area contributed by atoms with Crippen LogP contribution in [0.1, 0.15) is 34.6 Å². The molecule has 0 bridgehead atoms. The van der Waals surface area contributed by atoms with Gasteiger partial charge in [0.05, 0.1) is 12.6 Å². The van der Waals surface area contributed by atoms with E-state index in [2.05, 4.69) is 15.6 Å². The zero-order valence-corrected chi connectivity index (χ0v) is 17.8. The zero-order valence-electron chi connectivity index (χ0n) is 15.5. The normalized spacial score (nSPS) is 11.5. The number of nitrogens with zero attached hydrogens (tertiary/aromatic N) is 1. The molecule has 8 heteroatoms. The number of nitrogens with one attached hydrogen (secondary N) is 2. The Labute approximate surface area is 166 Å². The largest absolute Gasteiger partial charge is 0.491 e. The summed E-state index contributed by atoms with van der Waals surface area (Å²) in [5.41, 5.74) is 6.10. The van der Waals surface area contributed by atoms with Gasteiger partial charge in [0.25, 0.3) is 0 Å². The van der Waals surface area contributed by atoms with E-state index in [1.165, 1.54) is 0 Å². The Morgan fingerprint density at radius 1 is 1.24 bits per heavy atom. The number of carbonyl (C=O) groups excluding carboxylic acids is 1. The maximum Gasteiger partial charge on any atom is 0.407 e. The van der Waals surface area contributed by atoms with Crippen molar-refractivity contribution < 1.29 is 14.3 Å². The zero-order chi connectivity index (χ0) is 18.2. The number of alkyl carbamates (subject to hydrolysis) is 1. The van der Waals surface area contributed by atoms with E-state index in [9.17, 15) is 4.79 Å². The minimum atomic E-state index is -0.515. The van der Waals surface area contributed by atoms with E-state index < -0.39 is 11.7 Å². The van der Waals surface area contributed by atoms with Gasteiger partial charge in [0.2, 0.25) is 0 Å².